The van der Waals surface area contributed by atoms with Crippen molar-refractivity contribution >= 4 is 15.9 Å². The van der Waals surface area contributed by atoms with Gasteiger partial charge in [0.1, 0.15) is 5.82 Å². The fourth-order valence-electron chi connectivity index (χ4n) is 2.18. The van der Waals surface area contributed by atoms with Crippen molar-refractivity contribution in [3.8, 4) is 0 Å². The van der Waals surface area contributed by atoms with E-state index in [0.717, 1.165) is 22.9 Å². The molecule has 2 N–H and O–H groups in total. The van der Waals surface area contributed by atoms with Crippen molar-refractivity contribution in [3.05, 3.63) is 34.1 Å². The average Bonchev–Trinajstić information content (AvgIpc) is 2.32. The van der Waals surface area contributed by atoms with Crippen molar-refractivity contribution in [1.82, 2.24) is 0 Å². The maximum absolute atomic E-state index is 13.1. The normalized spacial score (nSPS) is 24.9. The van der Waals surface area contributed by atoms with Crippen LogP contribution in [0, 0.1) is 5.82 Å². The van der Waals surface area contributed by atoms with Crippen molar-refractivity contribution in [2.45, 2.75) is 44.4 Å². The molecular formula is C13H17BrFNO. The van der Waals surface area contributed by atoms with Crippen LogP contribution < -0.4 is 5.73 Å². The molecule has 0 saturated heterocycles. The number of ether oxygens (including phenoxy) is 1. The first-order valence-electron chi connectivity index (χ1n) is 5.98. The van der Waals surface area contributed by atoms with Crippen molar-refractivity contribution in [3.63, 3.8) is 0 Å². The fraction of sp³-hybridized carbons (Fsp3) is 0.538. The monoisotopic (exact) mass is 301 g/mol. The first kappa shape index (κ1) is 13.0. The minimum absolute atomic E-state index is 0.110. The number of benzene rings is 1. The second-order valence-corrected chi connectivity index (χ2v) is 5.39. The van der Waals surface area contributed by atoms with E-state index in [9.17, 15) is 4.39 Å². The molecule has 0 aromatic heterocycles. The van der Waals surface area contributed by atoms with Crippen molar-refractivity contribution in [1.29, 1.82) is 0 Å². The number of nitrogens with two attached hydrogens (primary N) is 1. The van der Waals surface area contributed by atoms with Gasteiger partial charge < -0.3 is 10.5 Å². The smallest absolute Gasteiger partial charge is 0.123 e. The second-order valence-electron chi connectivity index (χ2n) is 4.53. The first-order chi connectivity index (χ1) is 8.16. The van der Waals surface area contributed by atoms with E-state index >= 15 is 0 Å². The summed E-state index contributed by atoms with van der Waals surface area (Å²) in [6.07, 6.45) is 4.50. The third-order valence-corrected chi connectivity index (χ3v) is 3.99. The van der Waals surface area contributed by atoms with E-state index in [2.05, 4.69) is 15.9 Å². The Labute approximate surface area is 109 Å². The zero-order valence-corrected chi connectivity index (χ0v) is 11.2. The Morgan fingerprint density at radius 1 is 1.35 bits per heavy atom. The van der Waals surface area contributed by atoms with Gasteiger partial charge >= 0.3 is 0 Å². The molecule has 2 nitrogen and oxygen atoms in total. The molecule has 0 aliphatic heterocycles. The molecule has 1 aromatic carbocycles. The highest BCUT2D eigenvalue weighted by atomic mass is 79.9. The molecule has 2 unspecified atom stereocenters. The summed E-state index contributed by atoms with van der Waals surface area (Å²) in [5.74, 6) is -0.236. The Hall–Kier alpha value is -0.450. The van der Waals surface area contributed by atoms with Crippen LogP contribution in [0.5, 0.6) is 0 Å². The van der Waals surface area contributed by atoms with Crippen LogP contribution in [0.25, 0.3) is 0 Å². The topological polar surface area (TPSA) is 35.2 Å². The van der Waals surface area contributed by atoms with Crippen LogP contribution in [0.1, 0.15) is 31.2 Å². The third-order valence-electron chi connectivity index (χ3n) is 3.21. The van der Waals surface area contributed by atoms with Crippen molar-refractivity contribution in [2.75, 3.05) is 0 Å². The minimum Gasteiger partial charge on any atom is -0.372 e. The van der Waals surface area contributed by atoms with Gasteiger partial charge in [-0.05, 0) is 36.6 Å². The van der Waals surface area contributed by atoms with Gasteiger partial charge in [0, 0.05) is 10.5 Å². The molecule has 1 aliphatic carbocycles. The van der Waals surface area contributed by atoms with Gasteiger partial charge in [0.15, 0.2) is 0 Å². The molecule has 0 radical (unpaired) electrons. The van der Waals surface area contributed by atoms with E-state index in [4.69, 9.17) is 10.5 Å². The molecule has 2 atom stereocenters. The Kier molecular flexibility index (Phi) is 4.54. The average molecular weight is 302 g/mol. The van der Waals surface area contributed by atoms with Crippen LogP contribution >= 0.6 is 15.9 Å². The van der Waals surface area contributed by atoms with Gasteiger partial charge in [-0.15, -0.1) is 0 Å². The lowest BCUT2D eigenvalue weighted by Crippen LogP contribution is -2.39. The van der Waals surface area contributed by atoms with Crippen LogP contribution in [0.15, 0.2) is 22.7 Å². The van der Waals surface area contributed by atoms with E-state index in [1.807, 2.05) is 0 Å². The number of halogens is 2. The SMILES string of the molecule is NC1CCCCC1OCc1cc(F)ccc1Br. The van der Waals surface area contributed by atoms with Gasteiger partial charge in [0.05, 0.1) is 12.7 Å². The van der Waals surface area contributed by atoms with E-state index in [0.29, 0.717) is 6.61 Å². The van der Waals surface area contributed by atoms with Gasteiger partial charge in [0.25, 0.3) is 0 Å². The summed E-state index contributed by atoms with van der Waals surface area (Å²) < 4.78 is 19.8. The second kappa shape index (κ2) is 5.94. The highest BCUT2D eigenvalue weighted by Gasteiger charge is 2.22. The molecule has 0 bridgehead atoms. The highest BCUT2D eigenvalue weighted by molar-refractivity contribution is 9.10. The van der Waals surface area contributed by atoms with Crippen LogP contribution in [-0.4, -0.2) is 12.1 Å². The molecule has 1 aliphatic rings. The predicted molar refractivity (Wildman–Crippen MR) is 69.1 cm³/mol. The summed E-state index contributed by atoms with van der Waals surface area (Å²) in [4.78, 5) is 0. The Balaban J connectivity index is 1.94. The molecule has 1 aromatic rings. The largest absolute Gasteiger partial charge is 0.372 e. The summed E-state index contributed by atoms with van der Waals surface area (Å²) in [6, 6.07) is 4.75. The van der Waals surface area contributed by atoms with Crippen LogP contribution in [-0.2, 0) is 11.3 Å². The molecule has 4 heteroatoms. The molecule has 1 fully saturated rings. The maximum Gasteiger partial charge on any atom is 0.123 e. The summed E-state index contributed by atoms with van der Waals surface area (Å²) in [5, 5.41) is 0. The Morgan fingerprint density at radius 3 is 2.88 bits per heavy atom. The minimum atomic E-state index is -0.236. The van der Waals surface area contributed by atoms with Gasteiger partial charge in [-0.25, -0.2) is 4.39 Å². The van der Waals surface area contributed by atoms with E-state index in [1.54, 1.807) is 6.07 Å². The summed E-state index contributed by atoms with van der Waals surface area (Å²) in [6.45, 7) is 0.413. The van der Waals surface area contributed by atoms with Gasteiger partial charge in [-0.2, -0.15) is 0 Å². The Bertz CT molecular complexity index is 386. The number of rotatable bonds is 3. The van der Waals surface area contributed by atoms with E-state index in [-0.39, 0.29) is 18.0 Å². The molecule has 17 heavy (non-hydrogen) atoms. The molecule has 0 heterocycles. The summed E-state index contributed by atoms with van der Waals surface area (Å²) in [7, 11) is 0. The molecule has 94 valence electrons. The zero-order valence-electron chi connectivity index (χ0n) is 9.66. The maximum atomic E-state index is 13.1. The van der Waals surface area contributed by atoms with Gasteiger partial charge in [0.2, 0.25) is 0 Å². The third kappa shape index (κ3) is 3.50. The quantitative estimate of drug-likeness (QED) is 0.929. The highest BCUT2D eigenvalue weighted by Crippen LogP contribution is 2.23. The lowest BCUT2D eigenvalue weighted by atomic mass is 9.93. The molecule has 1 saturated carbocycles. The summed E-state index contributed by atoms with van der Waals surface area (Å²) >= 11 is 3.39. The molecular weight excluding hydrogens is 285 g/mol. The number of hydrogen-bond donors (Lipinski definition) is 1. The zero-order chi connectivity index (χ0) is 12.3. The van der Waals surface area contributed by atoms with E-state index in [1.165, 1.54) is 25.0 Å². The Morgan fingerprint density at radius 2 is 2.12 bits per heavy atom. The summed E-state index contributed by atoms with van der Waals surface area (Å²) in [5.41, 5.74) is 6.84. The molecule has 2 rings (SSSR count). The van der Waals surface area contributed by atoms with Gasteiger partial charge in [-0.1, -0.05) is 28.8 Å². The lowest BCUT2D eigenvalue weighted by molar-refractivity contribution is 0.00371. The number of hydrogen-bond acceptors (Lipinski definition) is 2. The lowest BCUT2D eigenvalue weighted by Gasteiger charge is -2.28. The van der Waals surface area contributed by atoms with Crippen LogP contribution in [0.4, 0.5) is 4.39 Å². The van der Waals surface area contributed by atoms with Crippen LogP contribution in [0.3, 0.4) is 0 Å². The standard InChI is InChI=1S/C13H17BrFNO/c14-11-6-5-10(15)7-9(11)8-17-13-4-2-1-3-12(13)16/h5-7,12-13H,1-4,8,16H2. The van der Waals surface area contributed by atoms with Gasteiger partial charge in [-0.3, -0.25) is 0 Å². The predicted octanol–water partition coefficient (Wildman–Crippen LogP) is 3.37. The van der Waals surface area contributed by atoms with Crippen molar-refractivity contribution in [2.24, 2.45) is 5.73 Å². The fourth-order valence-corrected chi connectivity index (χ4v) is 2.54. The molecule has 0 amide bonds. The van der Waals surface area contributed by atoms with Crippen LogP contribution in [0.2, 0.25) is 0 Å². The first-order valence-corrected chi connectivity index (χ1v) is 6.77. The molecule has 0 spiro atoms. The van der Waals surface area contributed by atoms with Crippen molar-refractivity contribution < 1.29 is 9.13 Å². The van der Waals surface area contributed by atoms with E-state index < -0.39 is 0 Å².